The van der Waals surface area contributed by atoms with Crippen LogP contribution in [-0.4, -0.2) is 13.1 Å². The van der Waals surface area contributed by atoms with Crippen molar-refractivity contribution in [3.05, 3.63) is 40.5 Å². The van der Waals surface area contributed by atoms with Crippen molar-refractivity contribution in [3.8, 4) is 6.07 Å². The van der Waals surface area contributed by atoms with E-state index in [1.165, 1.54) is 18.7 Å². The lowest BCUT2D eigenvalue weighted by Crippen LogP contribution is -2.02. The Balaban J connectivity index is 3.10. The lowest BCUT2D eigenvalue weighted by molar-refractivity contribution is -0.135. The summed E-state index contributed by atoms with van der Waals surface area (Å²) in [5.41, 5.74) is 3.13. The summed E-state index contributed by atoms with van der Waals surface area (Å²) in [6.07, 6.45) is 1.53. The second-order valence-corrected chi connectivity index (χ2v) is 3.51. The van der Waals surface area contributed by atoms with Gasteiger partial charge >= 0.3 is 5.97 Å². The highest BCUT2D eigenvalue weighted by molar-refractivity contribution is 5.97. The summed E-state index contributed by atoms with van der Waals surface area (Å²) in [7, 11) is 1.26. The molecule has 16 heavy (non-hydrogen) atoms. The highest BCUT2D eigenvalue weighted by Gasteiger charge is 2.08. The maximum Gasteiger partial charge on any atom is 0.348 e. The number of aryl methyl sites for hydroxylation is 2. The van der Waals surface area contributed by atoms with Crippen LogP contribution < -0.4 is 0 Å². The Bertz CT molecular complexity index is 481. The number of nitrogens with zero attached hydrogens (tertiary/aromatic N) is 1. The minimum atomic E-state index is -0.610. The molecule has 0 amide bonds. The number of carbonyl (C=O) groups is 1. The van der Waals surface area contributed by atoms with E-state index in [0.29, 0.717) is 0 Å². The number of carbonyl (C=O) groups excluding carboxylic acids is 1. The summed E-state index contributed by atoms with van der Waals surface area (Å²) in [5, 5.41) is 8.79. The molecule has 0 spiro atoms. The van der Waals surface area contributed by atoms with Gasteiger partial charge < -0.3 is 4.74 Å². The van der Waals surface area contributed by atoms with E-state index >= 15 is 0 Å². The fourth-order valence-electron chi connectivity index (χ4n) is 1.27. The van der Waals surface area contributed by atoms with Crippen LogP contribution in [0.25, 0.3) is 6.08 Å². The molecule has 1 aromatic carbocycles. The molecule has 0 saturated carbocycles. The third-order valence-corrected chi connectivity index (χ3v) is 2.37. The van der Waals surface area contributed by atoms with E-state index in [9.17, 15) is 4.79 Å². The zero-order valence-electron chi connectivity index (χ0n) is 9.57. The lowest BCUT2D eigenvalue weighted by atomic mass is 10.0. The van der Waals surface area contributed by atoms with Gasteiger partial charge in [0.25, 0.3) is 0 Å². The van der Waals surface area contributed by atoms with Crippen molar-refractivity contribution < 1.29 is 9.53 Å². The Hall–Kier alpha value is -2.08. The van der Waals surface area contributed by atoms with Gasteiger partial charge in [0.15, 0.2) is 0 Å². The van der Waals surface area contributed by atoms with E-state index in [1.807, 2.05) is 38.1 Å². The molecule has 0 heterocycles. The molecular formula is C13H13NO2. The first-order valence-electron chi connectivity index (χ1n) is 4.86. The number of nitriles is 1. The fourth-order valence-corrected chi connectivity index (χ4v) is 1.27. The number of methoxy groups -OCH3 is 1. The number of ether oxygens (including phenoxy) is 1. The molecule has 0 fully saturated rings. The summed E-state index contributed by atoms with van der Waals surface area (Å²) in [4.78, 5) is 11.2. The van der Waals surface area contributed by atoms with Crippen molar-refractivity contribution in [1.29, 1.82) is 5.26 Å². The van der Waals surface area contributed by atoms with Crippen molar-refractivity contribution in [1.82, 2.24) is 0 Å². The van der Waals surface area contributed by atoms with Crippen molar-refractivity contribution in [2.75, 3.05) is 7.11 Å². The standard InChI is InChI=1S/C13H13NO2/c1-9-4-5-11(6-10(9)2)7-12(8-14)13(15)16-3/h4-7H,1-3H3. The fraction of sp³-hybridized carbons (Fsp3) is 0.231. The van der Waals surface area contributed by atoms with Gasteiger partial charge in [-0.15, -0.1) is 0 Å². The molecule has 3 nitrogen and oxygen atoms in total. The summed E-state index contributed by atoms with van der Waals surface area (Å²) in [6.45, 7) is 3.99. The van der Waals surface area contributed by atoms with Crippen molar-refractivity contribution in [2.45, 2.75) is 13.8 Å². The van der Waals surface area contributed by atoms with Crippen LogP contribution in [0.1, 0.15) is 16.7 Å². The molecule has 1 rings (SSSR count). The highest BCUT2D eigenvalue weighted by Crippen LogP contribution is 2.13. The van der Waals surface area contributed by atoms with Crippen LogP contribution in [0.15, 0.2) is 23.8 Å². The maximum atomic E-state index is 11.2. The van der Waals surface area contributed by atoms with Crippen molar-refractivity contribution in [3.63, 3.8) is 0 Å². The van der Waals surface area contributed by atoms with Gasteiger partial charge in [-0.25, -0.2) is 4.79 Å². The quantitative estimate of drug-likeness (QED) is 0.432. The molecule has 0 N–H and O–H groups in total. The number of rotatable bonds is 2. The Morgan fingerprint density at radius 1 is 1.38 bits per heavy atom. The zero-order valence-corrected chi connectivity index (χ0v) is 9.57. The molecule has 0 radical (unpaired) electrons. The molecular weight excluding hydrogens is 202 g/mol. The molecule has 0 aliphatic rings. The average molecular weight is 215 g/mol. The van der Waals surface area contributed by atoms with Gasteiger partial charge in [0.2, 0.25) is 0 Å². The number of benzene rings is 1. The van der Waals surface area contributed by atoms with Crippen LogP contribution in [0.2, 0.25) is 0 Å². The second-order valence-electron chi connectivity index (χ2n) is 3.51. The van der Waals surface area contributed by atoms with Gasteiger partial charge in [-0.3, -0.25) is 0 Å². The molecule has 0 aliphatic carbocycles. The van der Waals surface area contributed by atoms with E-state index in [-0.39, 0.29) is 5.57 Å². The first-order valence-corrected chi connectivity index (χ1v) is 4.86. The largest absolute Gasteiger partial charge is 0.465 e. The Morgan fingerprint density at radius 2 is 2.06 bits per heavy atom. The maximum absolute atomic E-state index is 11.2. The molecule has 3 heteroatoms. The number of esters is 1. The average Bonchev–Trinajstić information content (AvgIpc) is 2.29. The first-order chi connectivity index (χ1) is 7.58. The Kier molecular flexibility index (Phi) is 3.84. The van der Waals surface area contributed by atoms with E-state index < -0.39 is 5.97 Å². The van der Waals surface area contributed by atoms with Crippen molar-refractivity contribution in [2.24, 2.45) is 0 Å². The van der Waals surface area contributed by atoms with Crippen LogP contribution in [0, 0.1) is 25.2 Å². The van der Waals surface area contributed by atoms with Gasteiger partial charge in [0.1, 0.15) is 11.6 Å². The molecule has 0 aliphatic heterocycles. The molecule has 1 aromatic rings. The smallest absolute Gasteiger partial charge is 0.348 e. The molecule has 82 valence electrons. The van der Waals surface area contributed by atoms with E-state index in [2.05, 4.69) is 4.74 Å². The van der Waals surface area contributed by atoms with E-state index in [4.69, 9.17) is 5.26 Å². The lowest BCUT2D eigenvalue weighted by Gasteiger charge is -2.01. The van der Waals surface area contributed by atoms with Gasteiger partial charge in [0.05, 0.1) is 7.11 Å². The predicted molar refractivity (Wildman–Crippen MR) is 61.5 cm³/mol. The Morgan fingerprint density at radius 3 is 2.56 bits per heavy atom. The monoisotopic (exact) mass is 215 g/mol. The van der Waals surface area contributed by atoms with Gasteiger partial charge in [-0.05, 0) is 36.6 Å². The highest BCUT2D eigenvalue weighted by atomic mass is 16.5. The van der Waals surface area contributed by atoms with Crippen molar-refractivity contribution >= 4 is 12.0 Å². The normalized spacial score (nSPS) is 10.8. The van der Waals surface area contributed by atoms with Gasteiger partial charge in [-0.2, -0.15) is 5.26 Å². The zero-order chi connectivity index (χ0) is 12.1. The summed E-state index contributed by atoms with van der Waals surface area (Å²) in [5.74, 6) is -0.610. The third-order valence-electron chi connectivity index (χ3n) is 2.37. The Labute approximate surface area is 95.0 Å². The van der Waals surface area contributed by atoms with Crippen LogP contribution in [0.5, 0.6) is 0 Å². The van der Waals surface area contributed by atoms with Crippen LogP contribution in [0.3, 0.4) is 0 Å². The van der Waals surface area contributed by atoms with E-state index in [0.717, 1.165) is 11.1 Å². The second kappa shape index (κ2) is 5.13. The summed E-state index contributed by atoms with van der Waals surface area (Å²) < 4.78 is 4.50. The molecule has 0 bridgehead atoms. The van der Waals surface area contributed by atoms with Gasteiger partial charge in [-0.1, -0.05) is 18.2 Å². The minimum absolute atomic E-state index is 0.00533. The van der Waals surface area contributed by atoms with Crippen LogP contribution in [-0.2, 0) is 9.53 Å². The molecule has 0 saturated heterocycles. The number of hydrogen-bond donors (Lipinski definition) is 0. The SMILES string of the molecule is COC(=O)C(C#N)=Cc1ccc(C)c(C)c1. The first kappa shape index (κ1) is 12.0. The molecule has 0 aromatic heterocycles. The predicted octanol–water partition coefficient (Wildman–Crippen LogP) is 2.38. The molecule has 0 atom stereocenters. The summed E-state index contributed by atoms with van der Waals surface area (Å²) >= 11 is 0. The van der Waals surface area contributed by atoms with E-state index in [1.54, 1.807) is 0 Å². The minimum Gasteiger partial charge on any atom is -0.465 e. The summed E-state index contributed by atoms with van der Waals surface area (Å²) in [6, 6.07) is 7.56. The number of hydrogen-bond acceptors (Lipinski definition) is 3. The van der Waals surface area contributed by atoms with Gasteiger partial charge in [0, 0.05) is 0 Å². The third kappa shape index (κ3) is 2.71. The molecule has 0 unspecified atom stereocenters. The van der Waals surface area contributed by atoms with Crippen LogP contribution >= 0.6 is 0 Å². The topological polar surface area (TPSA) is 50.1 Å². The van der Waals surface area contributed by atoms with Crippen LogP contribution in [0.4, 0.5) is 0 Å².